The minimum atomic E-state index is -2.74. The van der Waals surface area contributed by atoms with Gasteiger partial charge in [-0.1, -0.05) is 30.3 Å². The topological polar surface area (TPSA) is 70.5 Å². The van der Waals surface area contributed by atoms with Crippen LogP contribution in [0.15, 0.2) is 66.7 Å². The van der Waals surface area contributed by atoms with Crippen molar-refractivity contribution in [3.63, 3.8) is 0 Å². The van der Waals surface area contributed by atoms with Gasteiger partial charge in [0.1, 0.15) is 0 Å². The molecule has 6 heteroatoms. The molecule has 3 aromatic rings. The Kier molecular flexibility index (Phi) is 4.70. The number of nitrogen functional groups attached to an aromatic ring is 2. The van der Waals surface area contributed by atoms with E-state index >= 15 is 0 Å². The number of anilines is 2. The Bertz CT molecular complexity index is 885. The molecule has 0 spiro atoms. The number of hydrogen-bond donors (Lipinski definition) is 2. The molecule has 3 rings (SSSR count). The Hall–Kier alpha value is -3.28. The van der Waals surface area contributed by atoms with E-state index < -0.39 is 6.43 Å². The third-order valence-electron chi connectivity index (χ3n) is 3.51. The van der Waals surface area contributed by atoms with Crippen LogP contribution in [0.25, 0.3) is 0 Å². The van der Waals surface area contributed by atoms with Crippen LogP contribution in [-0.4, -0.2) is 0 Å². The van der Waals surface area contributed by atoms with Gasteiger partial charge in [0.25, 0.3) is 6.43 Å². The van der Waals surface area contributed by atoms with Gasteiger partial charge in [0, 0.05) is 0 Å². The van der Waals surface area contributed by atoms with E-state index in [1.54, 1.807) is 48.5 Å². The van der Waals surface area contributed by atoms with E-state index in [4.69, 9.17) is 20.9 Å². The molecule has 3 aromatic carbocycles. The van der Waals surface area contributed by atoms with Crippen LogP contribution in [0.2, 0.25) is 0 Å². The highest BCUT2D eigenvalue weighted by Gasteiger charge is 2.21. The molecule has 0 heterocycles. The van der Waals surface area contributed by atoms with Gasteiger partial charge in [-0.3, -0.25) is 0 Å². The molecule has 0 aliphatic carbocycles. The molecule has 0 saturated carbocycles. The van der Waals surface area contributed by atoms with Crippen LogP contribution in [0.5, 0.6) is 23.0 Å². The van der Waals surface area contributed by atoms with Crippen LogP contribution < -0.4 is 20.9 Å². The predicted molar refractivity (Wildman–Crippen MR) is 93.3 cm³/mol. The minimum Gasteiger partial charge on any atom is -0.451 e. The number of hydrogen-bond acceptors (Lipinski definition) is 4. The second-order valence-electron chi connectivity index (χ2n) is 5.25. The van der Waals surface area contributed by atoms with Crippen LogP contribution in [-0.2, 0) is 0 Å². The molecule has 0 aliphatic rings. The fourth-order valence-corrected chi connectivity index (χ4v) is 2.27. The molecule has 0 radical (unpaired) electrons. The molecule has 0 unspecified atom stereocenters. The van der Waals surface area contributed by atoms with Crippen LogP contribution in [0, 0.1) is 0 Å². The summed E-state index contributed by atoms with van der Waals surface area (Å²) in [6, 6.07) is 17.7. The maximum absolute atomic E-state index is 13.4. The maximum atomic E-state index is 13.4. The molecule has 4 nitrogen and oxygen atoms in total. The molecule has 4 N–H and O–H groups in total. The normalized spacial score (nSPS) is 10.7. The molecular weight excluding hydrogens is 326 g/mol. The highest BCUT2D eigenvalue weighted by atomic mass is 19.3. The lowest BCUT2D eigenvalue weighted by molar-refractivity contribution is 0.147. The quantitative estimate of drug-likeness (QED) is 0.611. The molecule has 0 amide bonds. The Morgan fingerprint density at radius 3 is 1.72 bits per heavy atom. The summed E-state index contributed by atoms with van der Waals surface area (Å²) in [4.78, 5) is 0. The first-order valence-electron chi connectivity index (χ1n) is 7.52. The van der Waals surface area contributed by atoms with Gasteiger partial charge in [0.2, 0.25) is 0 Å². The van der Waals surface area contributed by atoms with Gasteiger partial charge < -0.3 is 20.9 Å². The van der Waals surface area contributed by atoms with E-state index in [1.165, 1.54) is 18.2 Å². The van der Waals surface area contributed by atoms with Crippen molar-refractivity contribution in [1.29, 1.82) is 0 Å². The summed E-state index contributed by atoms with van der Waals surface area (Å²) in [5.41, 5.74) is 12.1. The smallest absolute Gasteiger partial charge is 0.267 e. The molecular formula is C19H16F2N2O2. The third kappa shape index (κ3) is 3.63. The van der Waals surface area contributed by atoms with Crippen LogP contribution in [0.1, 0.15) is 12.0 Å². The Balaban J connectivity index is 2.05. The van der Waals surface area contributed by atoms with Gasteiger partial charge in [0.15, 0.2) is 23.0 Å². The van der Waals surface area contributed by atoms with Crippen LogP contribution >= 0.6 is 0 Å². The van der Waals surface area contributed by atoms with Gasteiger partial charge in [-0.25, -0.2) is 8.78 Å². The lowest BCUT2D eigenvalue weighted by Gasteiger charge is -2.17. The fourth-order valence-electron chi connectivity index (χ4n) is 2.27. The second kappa shape index (κ2) is 7.09. The van der Waals surface area contributed by atoms with Crippen molar-refractivity contribution in [2.75, 3.05) is 11.5 Å². The Labute approximate surface area is 143 Å². The van der Waals surface area contributed by atoms with Gasteiger partial charge in [0.05, 0.1) is 16.9 Å². The monoisotopic (exact) mass is 342 g/mol. The largest absolute Gasteiger partial charge is 0.451 e. The van der Waals surface area contributed by atoms with Gasteiger partial charge >= 0.3 is 0 Å². The van der Waals surface area contributed by atoms with Crippen molar-refractivity contribution in [2.24, 2.45) is 0 Å². The Morgan fingerprint density at radius 2 is 1.16 bits per heavy atom. The zero-order valence-electron chi connectivity index (χ0n) is 13.2. The van der Waals surface area contributed by atoms with Crippen molar-refractivity contribution in [1.82, 2.24) is 0 Å². The second-order valence-corrected chi connectivity index (χ2v) is 5.25. The van der Waals surface area contributed by atoms with Crippen molar-refractivity contribution in [3.8, 4) is 23.0 Å². The zero-order valence-corrected chi connectivity index (χ0v) is 13.2. The van der Waals surface area contributed by atoms with E-state index in [9.17, 15) is 8.78 Å². The number of halogens is 2. The molecule has 0 aromatic heterocycles. The zero-order chi connectivity index (χ0) is 17.8. The summed E-state index contributed by atoms with van der Waals surface area (Å²) < 4.78 is 38.3. The van der Waals surface area contributed by atoms with Crippen molar-refractivity contribution in [2.45, 2.75) is 6.43 Å². The molecule has 128 valence electrons. The highest BCUT2D eigenvalue weighted by molar-refractivity contribution is 5.59. The molecule has 0 saturated heterocycles. The summed E-state index contributed by atoms with van der Waals surface area (Å²) in [6.07, 6.45) is -2.74. The number of para-hydroxylation sites is 5. The summed E-state index contributed by atoms with van der Waals surface area (Å²) in [6.45, 7) is 0. The molecule has 0 aliphatic heterocycles. The van der Waals surface area contributed by atoms with Gasteiger partial charge in [-0.15, -0.1) is 0 Å². The van der Waals surface area contributed by atoms with Crippen molar-refractivity contribution < 1.29 is 18.3 Å². The summed E-state index contributed by atoms with van der Waals surface area (Å²) in [5, 5.41) is 0. The first kappa shape index (κ1) is 16.6. The highest BCUT2D eigenvalue weighted by Crippen LogP contribution is 2.43. The van der Waals surface area contributed by atoms with E-state index in [0.29, 0.717) is 17.1 Å². The van der Waals surface area contributed by atoms with E-state index in [2.05, 4.69) is 0 Å². The molecule has 0 bridgehead atoms. The van der Waals surface area contributed by atoms with Crippen molar-refractivity contribution >= 4 is 11.4 Å². The number of rotatable bonds is 5. The van der Waals surface area contributed by atoms with Crippen LogP contribution in [0.3, 0.4) is 0 Å². The summed E-state index contributed by atoms with van der Waals surface area (Å²) in [5.74, 6) is 0.638. The summed E-state index contributed by atoms with van der Waals surface area (Å²) in [7, 11) is 0. The maximum Gasteiger partial charge on any atom is 0.267 e. The first-order chi connectivity index (χ1) is 12.1. The summed E-state index contributed by atoms with van der Waals surface area (Å²) >= 11 is 0. The third-order valence-corrected chi connectivity index (χ3v) is 3.51. The Morgan fingerprint density at radius 1 is 0.640 bits per heavy atom. The lowest BCUT2D eigenvalue weighted by Crippen LogP contribution is -1.99. The molecule has 0 atom stereocenters. The molecule has 0 fully saturated rings. The first-order valence-corrected chi connectivity index (χ1v) is 7.52. The fraction of sp³-hybridized carbons (Fsp3) is 0.0526. The van der Waals surface area contributed by atoms with Crippen molar-refractivity contribution in [3.05, 3.63) is 72.3 Å². The average Bonchev–Trinajstić information content (AvgIpc) is 2.60. The average molecular weight is 342 g/mol. The number of alkyl halides is 2. The predicted octanol–water partition coefficient (Wildman–Crippen LogP) is 5.37. The van der Waals surface area contributed by atoms with E-state index in [0.717, 1.165) is 0 Å². The van der Waals surface area contributed by atoms with E-state index in [-0.39, 0.29) is 22.8 Å². The number of benzene rings is 3. The SMILES string of the molecule is Nc1ccccc1Oc1cccc(C(F)F)c1Oc1ccccc1N. The van der Waals surface area contributed by atoms with Gasteiger partial charge in [-0.05, 0) is 36.4 Å². The standard InChI is InChI=1S/C19H16F2N2O2/c20-19(21)12-6-5-11-17(24-15-9-3-1-7-13(15)22)18(12)25-16-10-4-2-8-14(16)23/h1-11,19H,22-23H2. The number of nitrogens with two attached hydrogens (primary N) is 2. The number of ether oxygens (including phenoxy) is 2. The van der Waals surface area contributed by atoms with Gasteiger partial charge in [-0.2, -0.15) is 0 Å². The molecule has 25 heavy (non-hydrogen) atoms. The lowest BCUT2D eigenvalue weighted by atomic mass is 10.2. The van der Waals surface area contributed by atoms with E-state index in [1.807, 2.05) is 0 Å². The van der Waals surface area contributed by atoms with Crippen LogP contribution in [0.4, 0.5) is 20.2 Å². The minimum absolute atomic E-state index is 0.0985.